The van der Waals surface area contributed by atoms with Crippen molar-refractivity contribution in [3.8, 4) is 16.9 Å². The van der Waals surface area contributed by atoms with Crippen LogP contribution in [0.15, 0.2) is 36.4 Å². The van der Waals surface area contributed by atoms with Crippen LogP contribution >= 0.6 is 34.8 Å². The van der Waals surface area contributed by atoms with E-state index in [1.54, 1.807) is 0 Å². The Kier molecular flexibility index (Phi) is 4.87. The van der Waals surface area contributed by atoms with E-state index in [0.717, 1.165) is 64.7 Å². The smallest absolute Gasteiger partial charge is 0.133 e. The molecule has 1 aromatic heterocycles. The summed E-state index contributed by atoms with van der Waals surface area (Å²) in [5, 5.41) is 10.4. The minimum atomic E-state index is 0.608. The SMILES string of the molecule is Cc1c(Cl)cccc1-n1nc(-c2c(Cl)cccc2Cl)c2c1NCCCC2. The molecule has 1 aliphatic heterocycles. The topological polar surface area (TPSA) is 29.9 Å². The predicted molar refractivity (Wildman–Crippen MR) is 110 cm³/mol. The van der Waals surface area contributed by atoms with Crippen molar-refractivity contribution in [1.29, 1.82) is 0 Å². The van der Waals surface area contributed by atoms with Crippen LogP contribution in [0.5, 0.6) is 0 Å². The Morgan fingerprint density at radius 1 is 0.962 bits per heavy atom. The maximum absolute atomic E-state index is 6.48. The highest BCUT2D eigenvalue weighted by atomic mass is 35.5. The van der Waals surface area contributed by atoms with Gasteiger partial charge in [0.1, 0.15) is 11.5 Å². The number of aromatic nitrogens is 2. The van der Waals surface area contributed by atoms with Gasteiger partial charge >= 0.3 is 0 Å². The highest BCUT2D eigenvalue weighted by molar-refractivity contribution is 6.39. The number of hydrogen-bond acceptors (Lipinski definition) is 2. The molecule has 0 aliphatic carbocycles. The van der Waals surface area contributed by atoms with Crippen LogP contribution in [0.4, 0.5) is 5.82 Å². The summed E-state index contributed by atoms with van der Waals surface area (Å²) in [4.78, 5) is 0. The van der Waals surface area contributed by atoms with Crippen molar-refractivity contribution >= 4 is 40.6 Å². The van der Waals surface area contributed by atoms with Crippen LogP contribution in [0.25, 0.3) is 16.9 Å². The lowest BCUT2D eigenvalue weighted by Gasteiger charge is -2.12. The quantitative estimate of drug-likeness (QED) is 0.522. The Labute approximate surface area is 167 Å². The van der Waals surface area contributed by atoms with Crippen molar-refractivity contribution in [2.24, 2.45) is 0 Å². The van der Waals surface area contributed by atoms with Crippen LogP contribution in [0.3, 0.4) is 0 Å². The van der Waals surface area contributed by atoms with E-state index in [4.69, 9.17) is 39.9 Å². The van der Waals surface area contributed by atoms with Gasteiger partial charge in [-0.3, -0.25) is 0 Å². The highest BCUT2D eigenvalue weighted by Gasteiger charge is 2.25. The lowest BCUT2D eigenvalue weighted by Crippen LogP contribution is -2.08. The first-order valence-electron chi connectivity index (χ1n) is 8.63. The lowest BCUT2D eigenvalue weighted by atomic mass is 10.0. The van der Waals surface area contributed by atoms with Crippen molar-refractivity contribution in [3.63, 3.8) is 0 Å². The molecule has 134 valence electrons. The fraction of sp³-hybridized carbons (Fsp3) is 0.250. The second kappa shape index (κ2) is 7.15. The van der Waals surface area contributed by atoms with E-state index in [1.807, 2.05) is 48.0 Å². The van der Waals surface area contributed by atoms with Crippen molar-refractivity contribution in [2.75, 3.05) is 11.9 Å². The number of hydrogen-bond donors (Lipinski definition) is 1. The maximum Gasteiger partial charge on any atom is 0.133 e. The number of nitrogens with one attached hydrogen (secondary N) is 1. The maximum atomic E-state index is 6.48. The van der Waals surface area contributed by atoms with Gasteiger partial charge in [0.05, 0.1) is 15.7 Å². The molecular weight excluding hydrogens is 389 g/mol. The minimum Gasteiger partial charge on any atom is -0.370 e. The second-order valence-corrected chi connectivity index (χ2v) is 7.67. The van der Waals surface area contributed by atoms with Gasteiger partial charge in [-0.25, -0.2) is 4.68 Å². The molecule has 0 radical (unpaired) electrons. The fourth-order valence-electron chi connectivity index (χ4n) is 3.43. The number of nitrogens with zero attached hydrogens (tertiary/aromatic N) is 2. The number of rotatable bonds is 2. The molecule has 2 aromatic carbocycles. The third-order valence-electron chi connectivity index (χ3n) is 4.80. The van der Waals surface area contributed by atoms with Crippen LogP contribution in [0, 0.1) is 6.92 Å². The van der Waals surface area contributed by atoms with E-state index >= 15 is 0 Å². The first-order valence-corrected chi connectivity index (χ1v) is 9.77. The Bertz CT molecular complexity index is 958. The van der Waals surface area contributed by atoms with Gasteiger partial charge in [0.2, 0.25) is 0 Å². The number of fused-ring (bicyclic) bond motifs is 1. The third-order valence-corrected chi connectivity index (χ3v) is 5.84. The van der Waals surface area contributed by atoms with Gasteiger partial charge in [-0.1, -0.05) is 46.9 Å². The molecule has 0 spiro atoms. The Morgan fingerprint density at radius 3 is 2.42 bits per heavy atom. The van der Waals surface area contributed by atoms with Crippen LogP contribution in [0.2, 0.25) is 15.1 Å². The molecule has 2 heterocycles. The average molecular weight is 407 g/mol. The molecule has 0 saturated carbocycles. The van der Waals surface area contributed by atoms with Gasteiger partial charge in [0.15, 0.2) is 0 Å². The number of halogens is 3. The molecule has 6 heteroatoms. The summed E-state index contributed by atoms with van der Waals surface area (Å²) >= 11 is 19.3. The van der Waals surface area contributed by atoms with E-state index in [9.17, 15) is 0 Å². The van der Waals surface area contributed by atoms with Crippen LogP contribution in [-0.4, -0.2) is 16.3 Å². The van der Waals surface area contributed by atoms with Gasteiger partial charge < -0.3 is 5.32 Å². The number of anilines is 1. The molecule has 0 atom stereocenters. The first-order chi connectivity index (χ1) is 12.6. The molecule has 0 fully saturated rings. The second-order valence-electron chi connectivity index (χ2n) is 6.45. The van der Waals surface area contributed by atoms with Gasteiger partial charge in [-0.15, -0.1) is 0 Å². The molecule has 4 rings (SSSR count). The van der Waals surface area contributed by atoms with Crippen molar-refractivity contribution in [1.82, 2.24) is 9.78 Å². The summed E-state index contributed by atoms with van der Waals surface area (Å²) in [7, 11) is 0. The Morgan fingerprint density at radius 2 is 1.65 bits per heavy atom. The van der Waals surface area contributed by atoms with Gasteiger partial charge in [-0.05, 0) is 56.0 Å². The molecule has 3 nitrogen and oxygen atoms in total. The standard InChI is InChI=1S/C20H18Cl3N3/c1-12-14(21)7-5-10-17(12)26-20-13(6-2-3-11-24-20)19(25-26)18-15(22)8-4-9-16(18)23/h4-5,7-10,24H,2-3,6,11H2,1H3. The van der Waals surface area contributed by atoms with Crippen LogP contribution in [0.1, 0.15) is 24.0 Å². The molecule has 26 heavy (non-hydrogen) atoms. The zero-order chi connectivity index (χ0) is 18.3. The summed E-state index contributed by atoms with van der Waals surface area (Å²) in [6.45, 7) is 2.92. The molecule has 0 bridgehead atoms. The lowest BCUT2D eigenvalue weighted by molar-refractivity contribution is 0.779. The molecule has 1 aliphatic rings. The molecule has 0 saturated heterocycles. The summed E-state index contributed by atoms with van der Waals surface area (Å²) in [5.74, 6) is 0.999. The summed E-state index contributed by atoms with van der Waals surface area (Å²) in [6, 6.07) is 11.4. The molecular formula is C20H18Cl3N3. The normalized spacial score (nSPS) is 13.8. The van der Waals surface area contributed by atoms with E-state index in [2.05, 4.69) is 5.32 Å². The summed E-state index contributed by atoms with van der Waals surface area (Å²) in [5.41, 5.74) is 4.72. The van der Waals surface area contributed by atoms with Gasteiger partial charge in [0.25, 0.3) is 0 Å². The zero-order valence-electron chi connectivity index (χ0n) is 14.3. The van der Waals surface area contributed by atoms with Gasteiger partial charge in [0, 0.05) is 22.7 Å². The highest BCUT2D eigenvalue weighted by Crippen LogP contribution is 2.41. The van der Waals surface area contributed by atoms with E-state index < -0.39 is 0 Å². The largest absolute Gasteiger partial charge is 0.370 e. The molecule has 1 N–H and O–H groups in total. The third kappa shape index (κ3) is 2.98. The summed E-state index contributed by atoms with van der Waals surface area (Å²) in [6.07, 6.45) is 3.13. The van der Waals surface area contributed by atoms with Crippen molar-refractivity contribution in [2.45, 2.75) is 26.2 Å². The van der Waals surface area contributed by atoms with Crippen LogP contribution in [-0.2, 0) is 6.42 Å². The van der Waals surface area contributed by atoms with Crippen molar-refractivity contribution in [3.05, 3.63) is 62.6 Å². The predicted octanol–water partition coefficient (Wildman–Crippen LogP) is 6.56. The average Bonchev–Trinajstić information content (AvgIpc) is 2.79. The molecule has 0 amide bonds. The fourth-order valence-corrected chi connectivity index (χ4v) is 4.17. The number of benzene rings is 2. The first kappa shape index (κ1) is 17.7. The molecule has 0 unspecified atom stereocenters. The monoisotopic (exact) mass is 405 g/mol. The Hall–Kier alpha value is -1.68. The van der Waals surface area contributed by atoms with Crippen LogP contribution < -0.4 is 5.32 Å². The minimum absolute atomic E-state index is 0.608. The van der Waals surface area contributed by atoms with E-state index in [0.29, 0.717) is 10.0 Å². The Balaban J connectivity index is 2.00. The molecule has 3 aromatic rings. The van der Waals surface area contributed by atoms with E-state index in [-0.39, 0.29) is 0 Å². The van der Waals surface area contributed by atoms with Gasteiger partial charge in [-0.2, -0.15) is 5.10 Å². The van der Waals surface area contributed by atoms with Crippen molar-refractivity contribution < 1.29 is 0 Å². The summed E-state index contributed by atoms with van der Waals surface area (Å²) < 4.78 is 1.94. The zero-order valence-corrected chi connectivity index (χ0v) is 16.6. The van der Waals surface area contributed by atoms with E-state index in [1.165, 1.54) is 0 Å².